The topological polar surface area (TPSA) is 61.8 Å². The highest BCUT2D eigenvalue weighted by atomic mass is 19.4. The molecule has 0 heterocycles. The van der Waals surface area contributed by atoms with Crippen LogP contribution in [-0.4, -0.2) is 37.7 Å². The first-order chi connectivity index (χ1) is 15.7. The van der Waals surface area contributed by atoms with E-state index in [-0.39, 0.29) is 18.8 Å². The summed E-state index contributed by atoms with van der Waals surface area (Å²) in [6, 6.07) is 15.8. The van der Waals surface area contributed by atoms with Gasteiger partial charge in [-0.1, -0.05) is 80.2 Å². The Morgan fingerprint density at radius 2 is 1.61 bits per heavy atom. The van der Waals surface area contributed by atoms with Gasteiger partial charge in [-0.15, -0.1) is 0 Å². The highest BCUT2D eigenvalue weighted by Gasteiger charge is 2.64. The number of ether oxygens (including phenoxy) is 3. The van der Waals surface area contributed by atoms with E-state index < -0.39 is 35.3 Å². The number of alkyl halides is 3. The van der Waals surface area contributed by atoms with Gasteiger partial charge in [-0.05, 0) is 5.56 Å². The van der Waals surface area contributed by atoms with Crippen LogP contribution in [0.3, 0.4) is 0 Å². The Labute approximate surface area is 191 Å². The number of carbonyl (C=O) groups is 2. The number of hydrogen-bond donors (Lipinski definition) is 0. The fourth-order valence-electron chi connectivity index (χ4n) is 3.20. The molecule has 0 fully saturated rings. The Hall–Kier alpha value is -2.97. The fraction of sp³-hybridized carbons (Fsp3) is 0.360. The van der Waals surface area contributed by atoms with Gasteiger partial charge in [-0.25, -0.2) is 4.79 Å². The molecule has 0 aliphatic rings. The first kappa shape index (κ1) is 26.3. The molecule has 5 nitrogen and oxygen atoms in total. The van der Waals surface area contributed by atoms with Gasteiger partial charge in [-0.3, -0.25) is 4.79 Å². The first-order valence-electron chi connectivity index (χ1n) is 10.3. The predicted octanol–water partition coefficient (Wildman–Crippen LogP) is 5.00. The summed E-state index contributed by atoms with van der Waals surface area (Å²) in [5.41, 5.74) is -2.82. The van der Waals surface area contributed by atoms with Gasteiger partial charge in [0.25, 0.3) is 5.60 Å². The monoisotopic (exact) mass is 464 g/mol. The van der Waals surface area contributed by atoms with Gasteiger partial charge in [0.15, 0.2) is 0 Å². The highest BCUT2D eigenvalue weighted by Crippen LogP contribution is 2.43. The van der Waals surface area contributed by atoms with Crippen LogP contribution in [0.5, 0.6) is 0 Å². The van der Waals surface area contributed by atoms with Crippen molar-refractivity contribution in [3.05, 3.63) is 84.4 Å². The molecule has 0 aromatic heterocycles. The lowest BCUT2D eigenvalue weighted by Crippen LogP contribution is -2.52. The second kappa shape index (κ2) is 11.8. The molecule has 0 N–H and O–H groups in total. The lowest BCUT2D eigenvalue weighted by molar-refractivity contribution is -0.277. The summed E-state index contributed by atoms with van der Waals surface area (Å²) < 4.78 is 57.3. The van der Waals surface area contributed by atoms with E-state index in [1.807, 2.05) is 30.3 Å². The van der Waals surface area contributed by atoms with Crippen molar-refractivity contribution in [3.8, 4) is 0 Å². The van der Waals surface area contributed by atoms with Gasteiger partial charge in [-0.2, -0.15) is 13.2 Å². The zero-order valence-electron chi connectivity index (χ0n) is 18.5. The van der Waals surface area contributed by atoms with Crippen LogP contribution in [0.2, 0.25) is 0 Å². The molecular weight excluding hydrogens is 437 g/mol. The second-order valence-electron chi connectivity index (χ2n) is 7.50. The lowest BCUT2D eigenvalue weighted by Gasteiger charge is -2.33. The Morgan fingerprint density at radius 1 is 1.03 bits per heavy atom. The van der Waals surface area contributed by atoms with Gasteiger partial charge < -0.3 is 14.2 Å². The summed E-state index contributed by atoms with van der Waals surface area (Å²) in [6.07, 6.45) is -5.58. The van der Waals surface area contributed by atoms with Crippen molar-refractivity contribution in [2.45, 2.75) is 37.8 Å². The molecule has 0 bridgehead atoms. The van der Waals surface area contributed by atoms with Crippen LogP contribution in [0.15, 0.2) is 73.3 Å². The minimum Gasteiger partial charge on any atom is -0.455 e. The van der Waals surface area contributed by atoms with Crippen LogP contribution in [0.4, 0.5) is 13.2 Å². The van der Waals surface area contributed by atoms with Crippen molar-refractivity contribution >= 4 is 11.8 Å². The molecule has 33 heavy (non-hydrogen) atoms. The number of carbonyl (C=O) groups excluding carboxylic acids is 2. The average Bonchev–Trinajstić information content (AvgIpc) is 2.79. The van der Waals surface area contributed by atoms with E-state index in [9.17, 15) is 22.8 Å². The van der Waals surface area contributed by atoms with Crippen LogP contribution in [0, 0.1) is 5.92 Å². The molecule has 0 aliphatic heterocycles. The van der Waals surface area contributed by atoms with E-state index >= 15 is 0 Å². The van der Waals surface area contributed by atoms with Gasteiger partial charge in [0.2, 0.25) is 0 Å². The maximum absolute atomic E-state index is 14.0. The number of hydrogen-bond acceptors (Lipinski definition) is 5. The molecule has 0 aliphatic carbocycles. The summed E-state index contributed by atoms with van der Waals surface area (Å²) in [4.78, 5) is 25.3. The lowest BCUT2D eigenvalue weighted by atomic mass is 9.92. The number of ketones is 1. The third-order valence-electron chi connectivity index (χ3n) is 5.13. The summed E-state index contributed by atoms with van der Waals surface area (Å²) in [5.74, 6) is -2.57. The molecule has 3 atom stereocenters. The number of Topliss-reactive ketones (excluding diaryl/α,β-unsaturated/α-hetero) is 1. The summed E-state index contributed by atoms with van der Waals surface area (Å²) >= 11 is 0. The molecule has 178 valence electrons. The standard InChI is InChI=1S/C25H27F3O5/c1-4-21(15-22(29)18(2)16-32-17-19-11-7-5-8-12-19)33-23(30)24(31-3,25(26,27)28)20-13-9-6-10-14-20/h4-14,18,21H,1,15-17H2,2-3H3/t18-,21-,24+/m1/s1. The number of esters is 1. The van der Waals surface area contributed by atoms with Crippen LogP contribution in [-0.2, 0) is 36.0 Å². The van der Waals surface area contributed by atoms with Crippen LogP contribution < -0.4 is 0 Å². The largest absolute Gasteiger partial charge is 0.455 e. The van der Waals surface area contributed by atoms with Crippen molar-refractivity contribution in [3.63, 3.8) is 0 Å². The summed E-state index contributed by atoms with van der Waals surface area (Å²) in [5, 5.41) is 0. The van der Waals surface area contributed by atoms with Gasteiger partial charge in [0, 0.05) is 25.0 Å². The molecule has 0 unspecified atom stereocenters. The SMILES string of the molecule is C=C[C@H](CC(=O)[C@H](C)COCc1ccccc1)OC(=O)[C@@](OC)(c1ccccc1)C(F)(F)F. The molecular formula is C25H27F3O5. The van der Waals surface area contributed by atoms with Crippen LogP contribution >= 0.6 is 0 Å². The van der Waals surface area contributed by atoms with E-state index in [4.69, 9.17) is 14.2 Å². The first-order valence-corrected chi connectivity index (χ1v) is 10.3. The Balaban J connectivity index is 2.04. The summed E-state index contributed by atoms with van der Waals surface area (Å²) in [6.45, 7) is 5.55. The minimum atomic E-state index is -5.10. The number of rotatable bonds is 12. The van der Waals surface area contributed by atoms with Gasteiger partial charge in [0.05, 0.1) is 13.2 Å². The molecule has 0 radical (unpaired) electrons. The molecule has 2 aromatic rings. The molecule has 2 rings (SSSR count). The molecule has 0 saturated carbocycles. The van der Waals surface area contributed by atoms with Gasteiger partial charge in [0.1, 0.15) is 11.9 Å². The third-order valence-corrected chi connectivity index (χ3v) is 5.13. The predicted molar refractivity (Wildman–Crippen MR) is 116 cm³/mol. The Kier molecular flexibility index (Phi) is 9.37. The molecule has 2 aromatic carbocycles. The highest BCUT2D eigenvalue weighted by molar-refractivity contribution is 5.84. The average molecular weight is 464 g/mol. The van der Waals surface area contributed by atoms with Gasteiger partial charge >= 0.3 is 12.1 Å². The number of halogens is 3. The minimum absolute atomic E-state index is 0.111. The number of methoxy groups -OCH3 is 1. The van der Waals surface area contributed by atoms with E-state index in [1.54, 1.807) is 6.92 Å². The summed E-state index contributed by atoms with van der Waals surface area (Å²) in [7, 11) is 0.780. The molecule has 0 spiro atoms. The van der Waals surface area contributed by atoms with Crippen LogP contribution in [0.1, 0.15) is 24.5 Å². The van der Waals surface area contributed by atoms with E-state index in [2.05, 4.69) is 6.58 Å². The Bertz CT molecular complexity index is 915. The third kappa shape index (κ3) is 6.52. The zero-order valence-corrected chi connectivity index (χ0v) is 18.5. The van der Waals surface area contributed by atoms with E-state index in [1.165, 1.54) is 18.2 Å². The number of benzene rings is 2. The van der Waals surface area contributed by atoms with Crippen molar-refractivity contribution in [1.82, 2.24) is 0 Å². The Morgan fingerprint density at radius 3 is 2.12 bits per heavy atom. The smallest absolute Gasteiger partial charge is 0.432 e. The van der Waals surface area contributed by atoms with E-state index in [0.29, 0.717) is 6.61 Å². The van der Waals surface area contributed by atoms with Crippen LogP contribution in [0.25, 0.3) is 0 Å². The normalized spacial score (nSPS) is 15.2. The molecule has 8 heteroatoms. The van der Waals surface area contributed by atoms with Crippen molar-refractivity contribution < 1.29 is 37.0 Å². The van der Waals surface area contributed by atoms with Crippen molar-refractivity contribution in [1.29, 1.82) is 0 Å². The quantitative estimate of drug-likeness (QED) is 0.327. The van der Waals surface area contributed by atoms with Crippen molar-refractivity contribution in [2.75, 3.05) is 13.7 Å². The van der Waals surface area contributed by atoms with Crippen molar-refractivity contribution in [2.24, 2.45) is 5.92 Å². The maximum Gasteiger partial charge on any atom is 0.432 e. The second-order valence-corrected chi connectivity index (χ2v) is 7.50. The zero-order chi connectivity index (χ0) is 24.5. The maximum atomic E-state index is 14.0. The molecule has 0 saturated heterocycles. The molecule has 0 amide bonds. The fourth-order valence-corrected chi connectivity index (χ4v) is 3.20. The van der Waals surface area contributed by atoms with E-state index in [0.717, 1.165) is 30.9 Å².